The lowest BCUT2D eigenvalue weighted by atomic mass is 10.0. The van der Waals surface area contributed by atoms with Crippen LogP contribution in [0.15, 0.2) is 54.6 Å². The molecule has 2 aromatic carbocycles. The average molecular weight is 264 g/mol. The summed E-state index contributed by atoms with van der Waals surface area (Å²) in [6.45, 7) is 4.28. The number of aryl methyl sites for hydroxylation is 2. The van der Waals surface area contributed by atoms with E-state index in [0.717, 1.165) is 11.3 Å². The Bertz CT molecular complexity index is 598. The molecule has 0 heterocycles. The Hall–Kier alpha value is -2.28. The van der Waals surface area contributed by atoms with Crippen molar-refractivity contribution in [2.75, 3.05) is 7.11 Å². The summed E-state index contributed by atoms with van der Waals surface area (Å²) in [6, 6.07) is 14.4. The second-order valence-corrected chi connectivity index (χ2v) is 4.80. The highest BCUT2D eigenvalue weighted by Gasteiger charge is 1.96. The van der Waals surface area contributed by atoms with Crippen molar-refractivity contribution < 1.29 is 4.74 Å². The van der Waals surface area contributed by atoms with Gasteiger partial charge in [-0.1, -0.05) is 54.6 Å². The van der Waals surface area contributed by atoms with Crippen LogP contribution in [0.25, 0.3) is 12.2 Å². The highest BCUT2D eigenvalue weighted by Crippen LogP contribution is 2.15. The van der Waals surface area contributed by atoms with Gasteiger partial charge in [0.2, 0.25) is 0 Å². The van der Waals surface area contributed by atoms with Crippen molar-refractivity contribution in [2.45, 2.75) is 13.8 Å². The molecule has 0 spiro atoms. The minimum absolute atomic E-state index is 0.883. The molecule has 0 bridgehead atoms. The van der Waals surface area contributed by atoms with Crippen LogP contribution < -0.4 is 4.74 Å². The molecule has 2 aromatic rings. The third-order valence-electron chi connectivity index (χ3n) is 3.32. The van der Waals surface area contributed by atoms with E-state index in [2.05, 4.69) is 56.4 Å². The molecule has 0 unspecified atom stereocenters. The number of hydrogen-bond donors (Lipinski definition) is 0. The number of methoxy groups -OCH3 is 1. The predicted octanol–water partition coefficient (Wildman–Crippen LogP) is 5.04. The zero-order valence-corrected chi connectivity index (χ0v) is 12.3. The van der Waals surface area contributed by atoms with Crippen molar-refractivity contribution >= 4 is 12.2 Å². The lowest BCUT2D eigenvalue weighted by Gasteiger charge is -2.03. The smallest absolute Gasteiger partial charge is 0.118 e. The minimum Gasteiger partial charge on any atom is -0.497 e. The Morgan fingerprint density at radius 2 is 1.40 bits per heavy atom. The third kappa shape index (κ3) is 3.61. The van der Waals surface area contributed by atoms with Gasteiger partial charge in [-0.2, -0.15) is 0 Å². The summed E-state index contributed by atoms with van der Waals surface area (Å²) in [5, 5.41) is 0. The van der Waals surface area contributed by atoms with Crippen molar-refractivity contribution in [1.29, 1.82) is 0 Å². The van der Waals surface area contributed by atoms with E-state index in [0.29, 0.717) is 0 Å². The molecule has 0 amide bonds. The van der Waals surface area contributed by atoms with E-state index >= 15 is 0 Å². The maximum Gasteiger partial charge on any atom is 0.118 e. The lowest BCUT2D eigenvalue weighted by molar-refractivity contribution is 0.415. The molecule has 0 fully saturated rings. The molecule has 0 aromatic heterocycles. The van der Waals surface area contributed by atoms with Crippen LogP contribution in [-0.2, 0) is 0 Å². The van der Waals surface area contributed by atoms with Crippen molar-refractivity contribution in [2.24, 2.45) is 0 Å². The highest BCUT2D eigenvalue weighted by atomic mass is 16.5. The molecule has 1 heteroatoms. The average Bonchev–Trinajstić information content (AvgIpc) is 2.46. The molecule has 0 saturated carbocycles. The molecule has 0 atom stereocenters. The van der Waals surface area contributed by atoms with Gasteiger partial charge >= 0.3 is 0 Å². The Morgan fingerprint density at radius 3 is 2.00 bits per heavy atom. The van der Waals surface area contributed by atoms with Gasteiger partial charge in [0.05, 0.1) is 7.11 Å². The number of benzene rings is 2. The first-order chi connectivity index (χ1) is 9.70. The number of rotatable bonds is 4. The Balaban J connectivity index is 2.07. The van der Waals surface area contributed by atoms with Crippen LogP contribution in [0, 0.1) is 13.8 Å². The van der Waals surface area contributed by atoms with Crippen molar-refractivity contribution in [3.63, 3.8) is 0 Å². The lowest BCUT2D eigenvalue weighted by Crippen LogP contribution is -1.84. The molecule has 20 heavy (non-hydrogen) atoms. The van der Waals surface area contributed by atoms with Crippen LogP contribution >= 0.6 is 0 Å². The van der Waals surface area contributed by atoms with Crippen LogP contribution in [0.1, 0.15) is 22.3 Å². The molecule has 1 nitrogen and oxygen atoms in total. The summed E-state index contributed by atoms with van der Waals surface area (Å²) in [6.07, 6.45) is 8.39. The van der Waals surface area contributed by atoms with Crippen LogP contribution in [-0.4, -0.2) is 7.11 Å². The quantitative estimate of drug-likeness (QED) is 0.703. The Labute approximate surface area is 121 Å². The number of allylic oxidation sites excluding steroid dienone is 2. The van der Waals surface area contributed by atoms with Crippen LogP contribution in [0.5, 0.6) is 5.75 Å². The molecule has 0 aliphatic rings. The van der Waals surface area contributed by atoms with Crippen LogP contribution in [0.2, 0.25) is 0 Å². The van der Waals surface area contributed by atoms with Gasteiger partial charge in [-0.25, -0.2) is 0 Å². The van der Waals surface area contributed by atoms with Gasteiger partial charge in [0.1, 0.15) is 5.75 Å². The molecular weight excluding hydrogens is 244 g/mol. The summed E-state index contributed by atoms with van der Waals surface area (Å²) >= 11 is 0. The van der Waals surface area contributed by atoms with E-state index in [1.807, 2.05) is 24.3 Å². The molecule has 0 aliphatic heterocycles. The van der Waals surface area contributed by atoms with E-state index in [-0.39, 0.29) is 0 Å². The maximum absolute atomic E-state index is 5.14. The topological polar surface area (TPSA) is 9.23 Å². The number of ether oxygens (including phenoxy) is 1. The monoisotopic (exact) mass is 264 g/mol. The summed E-state index contributed by atoms with van der Waals surface area (Å²) in [7, 11) is 1.68. The first-order valence-corrected chi connectivity index (χ1v) is 6.76. The normalized spacial score (nSPS) is 11.3. The SMILES string of the molecule is COc1ccc(/C=C/C=C/c2c(C)cccc2C)cc1. The molecule has 102 valence electrons. The van der Waals surface area contributed by atoms with Gasteiger partial charge in [0.15, 0.2) is 0 Å². The summed E-state index contributed by atoms with van der Waals surface area (Å²) in [5.41, 5.74) is 5.07. The molecule has 0 saturated heterocycles. The van der Waals surface area contributed by atoms with Crippen molar-refractivity contribution in [3.8, 4) is 5.75 Å². The van der Waals surface area contributed by atoms with Gasteiger partial charge in [-0.15, -0.1) is 0 Å². The predicted molar refractivity (Wildman–Crippen MR) is 87.0 cm³/mol. The second-order valence-electron chi connectivity index (χ2n) is 4.80. The van der Waals surface area contributed by atoms with E-state index in [9.17, 15) is 0 Å². The standard InChI is InChI=1S/C19H20O/c1-15-7-6-8-16(2)19(15)10-5-4-9-17-11-13-18(20-3)14-12-17/h4-14H,1-3H3/b9-4+,10-5+. The van der Waals surface area contributed by atoms with Crippen molar-refractivity contribution in [1.82, 2.24) is 0 Å². The fraction of sp³-hybridized carbons (Fsp3) is 0.158. The Kier molecular flexibility index (Phi) is 4.78. The third-order valence-corrected chi connectivity index (χ3v) is 3.32. The minimum atomic E-state index is 0.883. The molecular formula is C19H20O. The maximum atomic E-state index is 5.14. The molecule has 0 N–H and O–H groups in total. The molecule has 2 rings (SSSR count). The molecule has 0 radical (unpaired) electrons. The summed E-state index contributed by atoms with van der Waals surface area (Å²) in [5.74, 6) is 0.883. The van der Waals surface area contributed by atoms with Crippen LogP contribution in [0.4, 0.5) is 0 Å². The summed E-state index contributed by atoms with van der Waals surface area (Å²) < 4.78 is 5.14. The van der Waals surface area contributed by atoms with E-state index in [4.69, 9.17) is 4.74 Å². The zero-order valence-electron chi connectivity index (χ0n) is 12.3. The highest BCUT2D eigenvalue weighted by molar-refractivity contribution is 5.61. The van der Waals surface area contributed by atoms with E-state index in [1.54, 1.807) is 7.11 Å². The van der Waals surface area contributed by atoms with Crippen molar-refractivity contribution in [3.05, 3.63) is 76.9 Å². The van der Waals surface area contributed by atoms with E-state index < -0.39 is 0 Å². The second kappa shape index (κ2) is 6.76. The van der Waals surface area contributed by atoms with Gasteiger partial charge < -0.3 is 4.74 Å². The zero-order chi connectivity index (χ0) is 14.4. The Morgan fingerprint density at radius 1 is 0.800 bits per heavy atom. The first kappa shape index (κ1) is 14.1. The molecule has 0 aliphatic carbocycles. The van der Waals surface area contributed by atoms with Gasteiger partial charge in [0, 0.05) is 0 Å². The van der Waals surface area contributed by atoms with Gasteiger partial charge in [0.25, 0.3) is 0 Å². The number of hydrogen-bond acceptors (Lipinski definition) is 1. The van der Waals surface area contributed by atoms with Crippen LogP contribution in [0.3, 0.4) is 0 Å². The van der Waals surface area contributed by atoms with E-state index in [1.165, 1.54) is 16.7 Å². The van der Waals surface area contributed by atoms with Gasteiger partial charge in [-0.3, -0.25) is 0 Å². The van der Waals surface area contributed by atoms with Gasteiger partial charge in [-0.05, 0) is 48.2 Å². The first-order valence-electron chi connectivity index (χ1n) is 6.76. The summed E-state index contributed by atoms with van der Waals surface area (Å²) in [4.78, 5) is 0. The fourth-order valence-corrected chi connectivity index (χ4v) is 2.12. The fourth-order valence-electron chi connectivity index (χ4n) is 2.12. The largest absolute Gasteiger partial charge is 0.497 e.